The van der Waals surface area contributed by atoms with Crippen LogP contribution in [0.2, 0.25) is 0 Å². The fraction of sp³-hybridized carbons (Fsp3) is 0.368. The van der Waals surface area contributed by atoms with Gasteiger partial charge in [0.25, 0.3) is 0 Å². The van der Waals surface area contributed by atoms with Gasteiger partial charge in [-0.05, 0) is 44.2 Å². The summed E-state index contributed by atoms with van der Waals surface area (Å²) in [5.74, 6) is 0.830. The van der Waals surface area contributed by atoms with Crippen LogP contribution in [0.4, 0.5) is 11.1 Å². The maximum absolute atomic E-state index is 12.6. The van der Waals surface area contributed by atoms with E-state index in [0.29, 0.717) is 5.13 Å². The molecule has 1 aliphatic heterocycles. The van der Waals surface area contributed by atoms with Crippen molar-refractivity contribution < 1.29 is 4.79 Å². The Labute approximate surface area is 166 Å². The number of anilines is 2. The molecule has 4 heterocycles. The minimum atomic E-state index is 0.00115. The number of hydrogen-bond acceptors (Lipinski definition) is 7. The molecular formula is C19H21N5OS2. The normalized spacial score (nSPS) is 15.1. The SMILES string of the molecule is Cc1cc(C)nc(N2CCC(C(=O)Nc3nc(-c4cccs4)cs3)CC2)n1. The number of carbonyl (C=O) groups excluding carboxylic acids is 1. The molecule has 0 bridgehead atoms. The molecule has 6 nitrogen and oxygen atoms in total. The molecule has 8 heteroatoms. The van der Waals surface area contributed by atoms with E-state index in [0.717, 1.165) is 53.8 Å². The number of nitrogens with zero attached hydrogens (tertiary/aromatic N) is 4. The zero-order valence-corrected chi connectivity index (χ0v) is 16.9. The topological polar surface area (TPSA) is 71.0 Å². The zero-order valence-electron chi connectivity index (χ0n) is 15.3. The van der Waals surface area contributed by atoms with E-state index in [9.17, 15) is 4.79 Å². The lowest BCUT2D eigenvalue weighted by molar-refractivity contribution is -0.120. The van der Waals surface area contributed by atoms with Gasteiger partial charge in [0.05, 0.1) is 10.6 Å². The number of aryl methyl sites for hydroxylation is 2. The van der Waals surface area contributed by atoms with Crippen molar-refractivity contribution in [2.75, 3.05) is 23.3 Å². The highest BCUT2D eigenvalue weighted by atomic mass is 32.1. The molecular weight excluding hydrogens is 378 g/mol. The number of nitrogens with one attached hydrogen (secondary N) is 1. The molecule has 0 spiro atoms. The van der Waals surface area contributed by atoms with E-state index in [1.807, 2.05) is 42.8 Å². The van der Waals surface area contributed by atoms with Crippen LogP contribution in [-0.2, 0) is 4.79 Å². The van der Waals surface area contributed by atoms with E-state index in [1.165, 1.54) is 11.3 Å². The predicted octanol–water partition coefficient (Wildman–Crippen LogP) is 4.13. The molecule has 1 fully saturated rings. The molecule has 0 radical (unpaired) electrons. The minimum absolute atomic E-state index is 0.00115. The first-order valence-corrected chi connectivity index (χ1v) is 10.7. The summed E-state index contributed by atoms with van der Waals surface area (Å²) >= 11 is 3.12. The molecule has 1 N–H and O–H groups in total. The minimum Gasteiger partial charge on any atom is -0.341 e. The van der Waals surface area contributed by atoms with Gasteiger partial charge in [0.2, 0.25) is 11.9 Å². The van der Waals surface area contributed by atoms with Crippen molar-refractivity contribution in [3.63, 3.8) is 0 Å². The van der Waals surface area contributed by atoms with Gasteiger partial charge in [-0.15, -0.1) is 22.7 Å². The molecule has 27 heavy (non-hydrogen) atoms. The average molecular weight is 400 g/mol. The number of amides is 1. The van der Waals surface area contributed by atoms with Crippen LogP contribution < -0.4 is 10.2 Å². The lowest BCUT2D eigenvalue weighted by Crippen LogP contribution is -2.39. The molecule has 0 atom stereocenters. The Morgan fingerprint density at radius 2 is 1.89 bits per heavy atom. The second kappa shape index (κ2) is 7.74. The van der Waals surface area contributed by atoms with Gasteiger partial charge in [0, 0.05) is 35.8 Å². The molecule has 0 aliphatic carbocycles. The van der Waals surface area contributed by atoms with Crippen molar-refractivity contribution in [2.45, 2.75) is 26.7 Å². The molecule has 1 saturated heterocycles. The van der Waals surface area contributed by atoms with Gasteiger partial charge in [0.15, 0.2) is 5.13 Å². The van der Waals surface area contributed by atoms with Gasteiger partial charge >= 0.3 is 0 Å². The Balaban J connectivity index is 1.35. The second-order valence-electron chi connectivity index (χ2n) is 6.72. The summed E-state index contributed by atoms with van der Waals surface area (Å²) in [7, 11) is 0. The van der Waals surface area contributed by atoms with Crippen molar-refractivity contribution in [1.29, 1.82) is 0 Å². The zero-order chi connectivity index (χ0) is 18.8. The quantitative estimate of drug-likeness (QED) is 0.714. The third-order valence-corrected chi connectivity index (χ3v) is 6.28. The average Bonchev–Trinajstić information content (AvgIpc) is 3.32. The van der Waals surface area contributed by atoms with Crippen LogP contribution in [0.3, 0.4) is 0 Å². The van der Waals surface area contributed by atoms with Crippen LogP contribution in [0, 0.1) is 19.8 Å². The molecule has 140 valence electrons. The van der Waals surface area contributed by atoms with Crippen molar-refractivity contribution >= 4 is 39.7 Å². The van der Waals surface area contributed by atoms with Gasteiger partial charge in [-0.25, -0.2) is 15.0 Å². The largest absolute Gasteiger partial charge is 0.341 e. The number of thiazole rings is 1. The number of piperidine rings is 1. The predicted molar refractivity (Wildman–Crippen MR) is 110 cm³/mol. The van der Waals surface area contributed by atoms with Crippen LogP contribution in [0.5, 0.6) is 0 Å². The molecule has 1 aliphatic rings. The fourth-order valence-electron chi connectivity index (χ4n) is 3.27. The van der Waals surface area contributed by atoms with Crippen LogP contribution >= 0.6 is 22.7 Å². The number of rotatable bonds is 4. The highest BCUT2D eigenvalue weighted by Crippen LogP contribution is 2.29. The van der Waals surface area contributed by atoms with E-state index in [2.05, 4.69) is 25.2 Å². The second-order valence-corrected chi connectivity index (χ2v) is 8.52. The summed E-state index contributed by atoms with van der Waals surface area (Å²) in [5, 5.41) is 7.68. The summed E-state index contributed by atoms with van der Waals surface area (Å²) in [6, 6.07) is 6.02. The highest BCUT2D eigenvalue weighted by Gasteiger charge is 2.27. The van der Waals surface area contributed by atoms with Crippen LogP contribution in [0.1, 0.15) is 24.2 Å². The number of hydrogen-bond donors (Lipinski definition) is 1. The monoisotopic (exact) mass is 399 g/mol. The maximum atomic E-state index is 12.6. The first-order valence-electron chi connectivity index (χ1n) is 8.96. The Morgan fingerprint density at radius 3 is 2.56 bits per heavy atom. The van der Waals surface area contributed by atoms with E-state index in [-0.39, 0.29) is 11.8 Å². The van der Waals surface area contributed by atoms with Crippen LogP contribution in [0.25, 0.3) is 10.6 Å². The van der Waals surface area contributed by atoms with Gasteiger partial charge in [-0.1, -0.05) is 6.07 Å². The molecule has 1 amide bonds. The number of carbonyl (C=O) groups is 1. The lowest BCUT2D eigenvalue weighted by Gasteiger charge is -2.31. The smallest absolute Gasteiger partial charge is 0.229 e. The Morgan fingerprint density at radius 1 is 1.15 bits per heavy atom. The van der Waals surface area contributed by atoms with Gasteiger partial charge in [0.1, 0.15) is 0 Å². The summed E-state index contributed by atoms with van der Waals surface area (Å²) in [6.45, 7) is 5.55. The van der Waals surface area contributed by atoms with Gasteiger partial charge < -0.3 is 10.2 Å². The Hall–Kier alpha value is -2.32. The van der Waals surface area contributed by atoms with Gasteiger partial charge in [-0.3, -0.25) is 4.79 Å². The molecule has 0 saturated carbocycles. The lowest BCUT2D eigenvalue weighted by atomic mass is 9.96. The van der Waals surface area contributed by atoms with E-state index in [1.54, 1.807) is 11.3 Å². The summed E-state index contributed by atoms with van der Waals surface area (Å²) in [6.07, 6.45) is 1.59. The highest BCUT2D eigenvalue weighted by molar-refractivity contribution is 7.16. The number of aromatic nitrogens is 3. The van der Waals surface area contributed by atoms with Crippen molar-refractivity contribution in [2.24, 2.45) is 5.92 Å². The van der Waals surface area contributed by atoms with Crippen LogP contribution in [-0.4, -0.2) is 33.9 Å². The summed E-state index contributed by atoms with van der Waals surface area (Å²) < 4.78 is 0. The molecule has 3 aromatic heterocycles. The third-order valence-electron chi connectivity index (χ3n) is 4.63. The van der Waals surface area contributed by atoms with Crippen molar-refractivity contribution in [3.05, 3.63) is 40.3 Å². The standard InChI is InChI=1S/C19H21N5OS2/c1-12-10-13(2)21-18(20-12)24-7-5-14(6-8-24)17(25)23-19-22-15(11-27-19)16-4-3-9-26-16/h3-4,9-11,14H,5-8H2,1-2H3,(H,22,23,25). The van der Waals surface area contributed by atoms with E-state index in [4.69, 9.17) is 0 Å². The van der Waals surface area contributed by atoms with Crippen LogP contribution in [0.15, 0.2) is 29.0 Å². The van der Waals surface area contributed by atoms with Crippen molar-refractivity contribution in [1.82, 2.24) is 15.0 Å². The van der Waals surface area contributed by atoms with Crippen molar-refractivity contribution in [3.8, 4) is 10.6 Å². The van der Waals surface area contributed by atoms with E-state index >= 15 is 0 Å². The van der Waals surface area contributed by atoms with Gasteiger partial charge in [-0.2, -0.15) is 0 Å². The Bertz CT molecular complexity index is 909. The van der Waals surface area contributed by atoms with E-state index < -0.39 is 0 Å². The maximum Gasteiger partial charge on any atom is 0.229 e. The Kier molecular flexibility index (Phi) is 5.18. The number of thiophene rings is 1. The first-order chi connectivity index (χ1) is 13.1. The summed E-state index contributed by atoms with van der Waals surface area (Å²) in [5.41, 5.74) is 2.87. The molecule has 0 unspecified atom stereocenters. The third kappa shape index (κ3) is 4.17. The molecule has 4 rings (SSSR count). The molecule has 3 aromatic rings. The fourth-order valence-corrected chi connectivity index (χ4v) is 4.74. The summed E-state index contributed by atoms with van der Waals surface area (Å²) in [4.78, 5) is 29.5. The molecule has 0 aromatic carbocycles. The first kappa shape index (κ1) is 18.1.